The summed E-state index contributed by atoms with van der Waals surface area (Å²) in [6.45, 7) is 3.30. The topological polar surface area (TPSA) is 76.7 Å². The van der Waals surface area contributed by atoms with Gasteiger partial charge in [0, 0.05) is 18.2 Å². The number of methoxy groups -OCH3 is 2. The predicted molar refractivity (Wildman–Crippen MR) is 101 cm³/mol. The van der Waals surface area contributed by atoms with Crippen LogP contribution >= 0.6 is 0 Å². The van der Waals surface area contributed by atoms with Crippen molar-refractivity contribution in [2.45, 2.75) is 19.4 Å². The normalized spacial score (nSPS) is 10.8. The van der Waals surface area contributed by atoms with Gasteiger partial charge in [0.25, 0.3) is 5.91 Å². The van der Waals surface area contributed by atoms with Gasteiger partial charge in [0.2, 0.25) is 5.91 Å². The number of rotatable bonds is 6. The Balaban J connectivity index is 2.26. The molecule has 6 nitrogen and oxygen atoms in total. The van der Waals surface area contributed by atoms with E-state index >= 15 is 0 Å². The Morgan fingerprint density at radius 3 is 2.15 bits per heavy atom. The van der Waals surface area contributed by atoms with Crippen LogP contribution in [0.4, 0.5) is 0 Å². The molecule has 0 saturated carbocycles. The molecule has 2 aromatic carbocycles. The second kappa shape index (κ2) is 7.91. The largest absolute Gasteiger partial charge is 0.497 e. The predicted octanol–water partition coefficient (Wildman–Crippen LogP) is 2.63. The maximum atomic E-state index is 12.4. The van der Waals surface area contributed by atoms with Crippen LogP contribution in [0, 0.1) is 0 Å². The minimum atomic E-state index is -0.999. The zero-order valence-electron chi connectivity index (χ0n) is 15.7. The zero-order chi connectivity index (χ0) is 19.3. The molecule has 0 heterocycles. The Labute approximate surface area is 153 Å². The van der Waals surface area contributed by atoms with Gasteiger partial charge < -0.3 is 20.1 Å². The summed E-state index contributed by atoms with van der Waals surface area (Å²) in [5.41, 5.74) is 1.22. The van der Waals surface area contributed by atoms with E-state index in [1.807, 2.05) is 30.3 Å². The molecule has 6 heteroatoms. The van der Waals surface area contributed by atoms with Crippen molar-refractivity contribution < 1.29 is 19.1 Å². The van der Waals surface area contributed by atoms with E-state index < -0.39 is 5.54 Å². The third-order valence-electron chi connectivity index (χ3n) is 4.09. The molecule has 0 aliphatic carbocycles. The molecule has 26 heavy (non-hydrogen) atoms. The quantitative estimate of drug-likeness (QED) is 0.834. The highest BCUT2D eigenvalue weighted by Crippen LogP contribution is 2.33. The van der Waals surface area contributed by atoms with Crippen molar-refractivity contribution in [3.05, 3.63) is 48.0 Å². The monoisotopic (exact) mass is 356 g/mol. The molecule has 0 bridgehead atoms. The highest BCUT2D eigenvalue weighted by molar-refractivity contribution is 5.99. The fourth-order valence-corrected chi connectivity index (χ4v) is 2.57. The van der Waals surface area contributed by atoms with E-state index in [1.165, 1.54) is 7.05 Å². The van der Waals surface area contributed by atoms with E-state index in [1.54, 1.807) is 40.2 Å². The maximum Gasteiger partial charge on any atom is 0.252 e. The van der Waals surface area contributed by atoms with E-state index in [4.69, 9.17) is 9.47 Å². The number of hydrogen-bond acceptors (Lipinski definition) is 4. The molecular weight excluding hydrogens is 332 g/mol. The molecule has 0 atom stereocenters. The van der Waals surface area contributed by atoms with Gasteiger partial charge in [0.05, 0.1) is 14.2 Å². The molecule has 0 radical (unpaired) electrons. The van der Waals surface area contributed by atoms with E-state index in [2.05, 4.69) is 10.6 Å². The van der Waals surface area contributed by atoms with Crippen molar-refractivity contribution in [2.75, 3.05) is 21.3 Å². The Kier molecular flexibility index (Phi) is 5.87. The zero-order valence-corrected chi connectivity index (χ0v) is 15.7. The molecule has 0 saturated heterocycles. The average molecular weight is 356 g/mol. The summed E-state index contributed by atoms with van der Waals surface area (Å²) >= 11 is 0. The number of carbonyl (C=O) groups excluding carboxylic acids is 2. The third kappa shape index (κ3) is 4.14. The first-order valence-electron chi connectivity index (χ1n) is 8.19. The summed E-state index contributed by atoms with van der Waals surface area (Å²) in [6.07, 6.45) is 0. The minimum absolute atomic E-state index is 0.261. The number of ether oxygens (including phenoxy) is 2. The van der Waals surface area contributed by atoms with Crippen molar-refractivity contribution in [1.29, 1.82) is 0 Å². The summed E-state index contributed by atoms with van der Waals surface area (Å²) in [4.78, 5) is 24.2. The Morgan fingerprint density at radius 1 is 0.962 bits per heavy atom. The lowest BCUT2D eigenvalue weighted by Crippen LogP contribution is -2.53. The molecule has 0 unspecified atom stereocenters. The molecule has 2 aromatic rings. The van der Waals surface area contributed by atoms with Gasteiger partial charge in [-0.3, -0.25) is 9.59 Å². The van der Waals surface area contributed by atoms with E-state index in [0.717, 1.165) is 16.9 Å². The molecule has 0 aliphatic rings. The fourth-order valence-electron chi connectivity index (χ4n) is 2.57. The number of likely N-dealkylation sites (N-methyl/N-ethyl adjacent to an activating group) is 1. The Morgan fingerprint density at radius 2 is 1.62 bits per heavy atom. The molecule has 0 aromatic heterocycles. The minimum Gasteiger partial charge on any atom is -0.497 e. The summed E-state index contributed by atoms with van der Waals surface area (Å²) in [5, 5.41) is 5.26. The van der Waals surface area contributed by atoms with Crippen molar-refractivity contribution >= 4 is 11.8 Å². The molecule has 2 amide bonds. The molecular formula is C20H24N2O4. The van der Waals surface area contributed by atoms with Crippen molar-refractivity contribution in [3.8, 4) is 22.6 Å². The van der Waals surface area contributed by atoms with Gasteiger partial charge in [-0.2, -0.15) is 0 Å². The number of amides is 2. The van der Waals surface area contributed by atoms with Crippen LogP contribution in [-0.4, -0.2) is 38.6 Å². The molecule has 2 rings (SSSR count). The first kappa shape index (κ1) is 19.3. The first-order valence-corrected chi connectivity index (χ1v) is 8.19. The van der Waals surface area contributed by atoms with E-state index in [0.29, 0.717) is 11.3 Å². The highest BCUT2D eigenvalue weighted by atomic mass is 16.5. The maximum absolute atomic E-state index is 12.4. The van der Waals surface area contributed by atoms with Crippen LogP contribution in [-0.2, 0) is 4.79 Å². The van der Waals surface area contributed by atoms with Gasteiger partial charge in [-0.25, -0.2) is 0 Å². The van der Waals surface area contributed by atoms with Gasteiger partial charge in [0.1, 0.15) is 17.0 Å². The van der Waals surface area contributed by atoms with E-state index in [9.17, 15) is 9.59 Å². The lowest BCUT2D eigenvalue weighted by molar-refractivity contribution is -0.125. The summed E-state index contributed by atoms with van der Waals surface area (Å²) < 4.78 is 10.7. The molecule has 2 N–H and O–H groups in total. The van der Waals surface area contributed by atoms with Crippen molar-refractivity contribution in [3.63, 3.8) is 0 Å². The third-order valence-corrected chi connectivity index (χ3v) is 4.09. The lowest BCUT2D eigenvalue weighted by Gasteiger charge is -2.24. The van der Waals surface area contributed by atoms with Crippen LogP contribution in [0.5, 0.6) is 11.5 Å². The van der Waals surface area contributed by atoms with Crippen molar-refractivity contribution in [2.24, 2.45) is 0 Å². The first-order chi connectivity index (χ1) is 12.3. The van der Waals surface area contributed by atoms with Crippen LogP contribution in [0.15, 0.2) is 42.5 Å². The Bertz CT molecular complexity index is 798. The molecule has 0 aliphatic heterocycles. The van der Waals surface area contributed by atoms with Crippen LogP contribution in [0.2, 0.25) is 0 Å². The van der Waals surface area contributed by atoms with Crippen LogP contribution in [0.25, 0.3) is 11.1 Å². The number of benzene rings is 2. The van der Waals surface area contributed by atoms with Gasteiger partial charge in [-0.05, 0) is 49.7 Å². The highest BCUT2D eigenvalue weighted by Gasteiger charge is 2.28. The van der Waals surface area contributed by atoms with Gasteiger partial charge in [-0.1, -0.05) is 12.1 Å². The van der Waals surface area contributed by atoms with Crippen LogP contribution in [0.1, 0.15) is 24.2 Å². The van der Waals surface area contributed by atoms with Crippen molar-refractivity contribution in [1.82, 2.24) is 10.6 Å². The summed E-state index contributed by atoms with van der Waals surface area (Å²) in [7, 11) is 4.74. The van der Waals surface area contributed by atoms with Gasteiger partial charge in [0.15, 0.2) is 0 Å². The second-order valence-electron chi connectivity index (χ2n) is 6.30. The number of hydrogen-bond donors (Lipinski definition) is 2. The smallest absolute Gasteiger partial charge is 0.252 e. The number of nitrogens with one attached hydrogen (secondary N) is 2. The second-order valence-corrected chi connectivity index (χ2v) is 6.30. The number of carbonyl (C=O) groups is 2. The summed E-state index contributed by atoms with van der Waals surface area (Å²) in [5.74, 6) is 0.852. The lowest BCUT2D eigenvalue weighted by atomic mass is 10.0. The Hall–Kier alpha value is -3.02. The summed E-state index contributed by atoms with van der Waals surface area (Å²) in [6, 6.07) is 12.6. The average Bonchev–Trinajstić information content (AvgIpc) is 2.66. The van der Waals surface area contributed by atoms with Gasteiger partial charge in [-0.15, -0.1) is 0 Å². The molecule has 0 fully saturated rings. The van der Waals surface area contributed by atoms with E-state index in [-0.39, 0.29) is 11.8 Å². The SMILES string of the molecule is CNC(=O)C(C)(C)NC(=O)c1ccc(-c2cc(OC)ccc2OC)cc1. The van der Waals surface area contributed by atoms with Gasteiger partial charge >= 0.3 is 0 Å². The van der Waals surface area contributed by atoms with Crippen LogP contribution < -0.4 is 20.1 Å². The fraction of sp³-hybridized carbons (Fsp3) is 0.300. The van der Waals surface area contributed by atoms with Crippen LogP contribution in [0.3, 0.4) is 0 Å². The standard InChI is InChI=1S/C20H24N2O4/c1-20(2,19(24)21-3)22-18(23)14-8-6-13(7-9-14)16-12-15(25-4)10-11-17(16)26-5/h6-12H,1-5H3,(H,21,24)(H,22,23). The molecule has 0 spiro atoms. The molecule has 138 valence electrons.